The van der Waals surface area contributed by atoms with Crippen molar-refractivity contribution >= 4 is 0 Å². The molecule has 4 nitrogen and oxygen atoms in total. The standard InChI is InChI=1S/C13H15N3O/c1-9-8-15-12(17)16(9)11-4-2-3-10(7-11)13(14)5-6-13/h2-4,7-8H,5-6,14H2,1H3,(H,15,17). The van der Waals surface area contributed by atoms with Crippen molar-refractivity contribution in [1.82, 2.24) is 9.55 Å². The van der Waals surface area contributed by atoms with E-state index >= 15 is 0 Å². The zero-order valence-electron chi connectivity index (χ0n) is 9.73. The van der Waals surface area contributed by atoms with Crippen molar-refractivity contribution in [1.29, 1.82) is 0 Å². The van der Waals surface area contributed by atoms with E-state index in [9.17, 15) is 4.79 Å². The molecule has 1 aromatic heterocycles. The first kappa shape index (κ1) is 10.4. The topological polar surface area (TPSA) is 63.8 Å². The summed E-state index contributed by atoms with van der Waals surface area (Å²) in [7, 11) is 0. The van der Waals surface area contributed by atoms with E-state index in [0.717, 1.165) is 29.8 Å². The van der Waals surface area contributed by atoms with Crippen molar-refractivity contribution in [3.05, 3.63) is 52.2 Å². The van der Waals surface area contributed by atoms with Gasteiger partial charge >= 0.3 is 5.69 Å². The van der Waals surface area contributed by atoms with Gasteiger partial charge in [-0.15, -0.1) is 0 Å². The average Bonchev–Trinajstić information content (AvgIpc) is 2.98. The highest BCUT2D eigenvalue weighted by Crippen LogP contribution is 2.42. The number of H-pyrrole nitrogens is 1. The number of hydrogen-bond donors (Lipinski definition) is 2. The molecule has 3 rings (SSSR count). The second-order valence-electron chi connectivity index (χ2n) is 4.78. The highest BCUT2D eigenvalue weighted by atomic mass is 16.1. The van der Waals surface area contributed by atoms with E-state index in [2.05, 4.69) is 4.98 Å². The first-order chi connectivity index (χ1) is 8.10. The van der Waals surface area contributed by atoms with Crippen LogP contribution in [0.3, 0.4) is 0 Å². The van der Waals surface area contributed by atoms with E-state index in [-0.39, 0.29) is 11.2 Å². The highest BCUT2D eigenvalue weighted by Gasteiger charge is 2.40. The Bertz CT molecular complexity index is 620. The molecule has 0 bridgehead atoms. The molecular formula is C13H15N3O. The Balaban J connectivity index is 2.13. The fourth-order valence-corrected chi connectivity index (χ4v) is 2.15. The third-order valence-corrected chi connectivity index (χ3v) is 3.43. The molecule has 0 saturated heterocycles. The molecule has 3 N–H and O–H groups in total. The van der Waals surface area contributed by atoms with Crippen LogP contribution in [-0.4, -0.2) is 9.55 Å². The summed E-state index contributed by atoms with van der Waals surface area (Å²) in [5, 5.41) is 0. The maximum atomic E-state index is 11.7. The summed E-state index contributed by atoms with van der Waals surface area (Å²) >= 11 is 0. The minimum Gasteiger partial charge on any atom is -0.321 e. The quantitative estimate of drug-likeness (QED) is 0.818. The second kappa shape index (κ2) is 3.34. The zero-order chi connectivity index (χ0) is 12.0. The fraction of sp³-hybridized carbons (Fsp3) is 0.308. The van der Waals surface area contributed by atoms with Crippen LogP contribution in [0.4, 0.5) is 0 Å². The third-order valence-electron chi connectivity index (χ3n) is 3.43. The van der Waals surface area contributed by atoms with Gasteiger partial charge in [-0.1, -0.05) is 12.1 Å². The second-order valence-corrected chi connectivity index (χ2v) is 4.78. The predicted octanol–water partition coefficient (Wildman–Crippen LogP) is 1.42. The molecule has 1 fully saturated rings. The van der Waals surface area contributed by atoms with Gasteiger partial charge in [0.15, 0.2) is 0 Å². The zero-order valence-corrected chi connectivity index (χ0v) is 9.73. The summed E-state index contributed by atoms with van der Waals surface area (Å²) in [5.74, 6) is 0. The Hall–Kier alpha value is -1.81. The van der Waals surface area contributed by atoms with E-state index in [1.807, 2.05) is 31.2 Å². The number of rotatable bonds is 2. The molecule has 1 aromatic carbocycles. The van der Waals surface area contributed by atoms with Crippen LogP contribution < -0.4 is 11.4 Å². The Kier molecular flexibility index (Phi) is 2.03. The molecule has 0 radical (unpaired) electrons. The molecule has 4 heteroatoms. The van der Waals surface area contributed by atoms with E-state index in [1.54, 1.807) is 10.8 Å². The number of imidazole rings is 1. The summed E-state index contributed by atoms with van der Waals surface area (Å²) in [6.45, 7) is 1.90. The normalized spacial score (nSPS) is 17.1. The van der Waals surface area contributed by atoms with Crippen LogP contribution in [0.25, 0.3) is 5.69 Å². The van der Waals surface area contributed by atoms with Crippen LogP contribution in [0, 0.1) is 6.92 Å². The first-order valence-corrected chi connectivity index (χ1v) is 5.77. The Morgan fingerprint density at radius 3 is 2.76 bits per heavy atom. The van der Waals surface area contributed by atoms with Gasteiger partial charge in [-0.3, -0.25) is 4.57 Å². The molecule has 88 valence electrons. The molecule has 1 aliphatic rings. The van der Waals surface area contributed by atoms with E-state index in [0.29, 0.717) is 0 Å². The van der Waals surface area contributed by atoms with Crippen LogP contribution in [0.15, 0.2) is 35.3 Å². The molecular weight excluding hydrogens is 214 g/mol. The van der Waals surface area contributed by atoms with Gasteiger partial charge < -0.3 is 10.7 Å². The van der Waals surface area contributed by atoms with Crippen molar-refractivity contribution in [2.75, 3.05) is 0 Å². The molecule has 0 amide bonds. The molecule has 2 aromatic rings. The van der Waals surface area contributed by atoms with Gasteiger partial charge in [-0.2, -0.15) is 0 Å². The number of aromatic nitrogens is 2. The van der Waals surface area contributed by atoms with Crippen LogP contribution in [0.2, 0.25) is 0 Å². The number of aromatic amines is 1. The number of hydrogen-bond acceptors (Lipinski definition) is 2. The van der Waals surface area contributed by atoms with Crippen LogP contribution in [-0.2, 0) is 5.54 Å². The number of nitrogens with zero attached hydrogens (tertiary/aromatic N) is 1. The summed E-state index contributed by atoms with van der Waals surface area (Å²) in [6, 6.07) is 7.92. The highest BCUT2D eigenvalue weighted by molar-refractivity contribution is 5.41. The van der Waals surface area contributed by atoms with Gasteiger partial charge in [0, 0.05) is 17.4 Å². The fourth-order valence-electron chi connectivity index (χ4n) is 2.15. The molecule has 1 heterocycles. The maximum Gasteiger partial charge on any atom is 0.330 e. The summed E-state index contributed by atoms with van der Waals surface area (Å²) in [6.07, 6.45) is 3.76. The van der Waals surface area contributed by atoms with Gasteiger partial charge in [-0.25, -0.2) is 4.79 Å². The molecule has 0 atom stereocenters. The van der Waals surface area contributed by atoms with E-state index in [1.165, 1.54) is 0 Å². The average molecular weight is 229 g/mol. The SMILES string of the molecule is Cc1c[nH]c(=O)n1-c1cccc(C2(N)CC2)c1. The largest absolute Gasteiger partial charge is 0.330 e. The Morgan fingerprint density at radius 2 is 2.18 bits per heavy atom. The lowest BCUT2D eigenvalue weighted by atomic mass is 10.1. The molecule has 1 aliphatic carbocycles. The lowest BCUT2D eigenvalue weighted by molar-refractivity contribution is 0.738. The monoisotopic (exact) mass is 229 g/mol. The molecule has 0 spiro atoms. The first-order valence-electron chi connectivity index (χ1n) is 5.77. The number of benzene rings is 1. The van der Waals surface area contributed by atoms with Crippen molar-refractivity contribution in [3.8, 4) is 5.69 Å². The van der Waals surface area contributed by atoms with Gasteiger partial charge in [0.25, 0.3) is 0 Å². The molecule has 1 saturated carbocycles. The van der Waals surface area contributed by atoms with Gasteiger partial charge in [-0.05, 0) is 37.5 Å². The van der Waals surface area contributed by atoms with Crippen LogP contribution >= 0.6 is 0 Å². The third kappa shape index (κ3) is 1.61. The number of aryl methyl sites for hydroxylation is 1. The van der Waals surface area contributed by atoms with Crippen molar-refractivity contribution in [3.63, 3.8) is 0 Å². The smallest absolute Gasteiger partial charge is 0.321 e. The molecule has 0 aliphatic heterocycles. The van der Waals surface area contributed by atoms with Crippen molar-refractivity contribution in [2.45, 2.75) is 25.3 Å². The Labute approximate surface area is 99.1 Å². The van der Waals surface area contributed by atoms with Crippen LogP contribution in [0.5, 0.6) is 0 Å². The summed E-state index contributed by atoms with van der Waals surface area (Å²) in [5.41, 5.74) is 8.79. The lowest BCUT2D eigenvalue weighted by Crippen LogP contribution is -2.20. The van der Waals surface area contributed by atoms with Gasteiger partial charge in [0.1, 0.15) is 0 Å². The Morgan fingerprint density at radius 1 is 1.41 bits per heavy atom. The predicted molar refractivity (Wildman–Crippen MR) is 66.2 cm³/mol. The molecule has 0 unspecified atom stereocenters. The summed E-state index contributed by atoms with van der Waals surface area (Å²) in [4.78, 5) is 14.4. The van der Waals surface area contributed by atoms with E-state index in [4.69, 9.17) is 5.73 Å². The summed E-state index contributed by atoms with van der Waals surface area (Å²) < 4.78 is 1.66. The molecule has 17 heavy (non-hydrogen) atoms. The minimum atomic E-state index is -0.163. The van der Waals surface area contributed by atoms with Crippen molar-refractivity contribution in [2.24, 2.45) is 5.73 Å². The van der Waals surface area contributed by atoms with Crippen molar-refractivity contribution < 1.29 is 0 Å². The van der Waals surface area contributed by atoms with Crippen LogP contribution in [0.1, 0.15) is 24.1 Å². The van der Waals surface area contributed by atoms with E-state index < -0.39 is 0 Å². The minimum absolute atomic E-state index is 0.110. The van der Waals surface area contributed by atoms with Gasteiger partial charge in [0.05, 0.1) is 5.69 Å². The number of nitrogens with two attached hydrogens (primary N) is 1. The maximum absolute atomic E-state index is 11.7. The lowest BCUT2D eigenvalue weighted by Gasteiger charge is -2.11. The number of nitrogens with one attached hydrogen (secondary N) is 1. The van der Waals surface area contributed by atoms with Gasteiger partial charge in [0.2, 0.25) is 0 Å².